The molecule has 4 heteroatoms. The van der Waals surface area contributed by atoms with E-state index in [4.69, 9.17) is 12.2 Å². The van der Waals surface area contributed by atoms with Gasteiger partial charge in [-0.1, -0.05) is 57.2 Å². The first-order chi connectivity index (χ1) is 12.8. The molecule has 3 nitrogen and oxygen atoms in total. The Kier molecular flexibility index (Phi) is 7.75. The van der Waals surface area contributed by atoms with Crippen LogP contribution in [0, 0.1) is 0 Å². The molecule has 144 valence electrons. The monoisotopic (exact) mass is 373 g/mol. The highest BCUT2D eigenvalue weighted by atomic mass is 32.1. The average Bonchev–Trinajstić information content (AvgIpc) is 3.21. The fraction of sp³-hybridized carbons (Fsp3) is 0.682. The number of thiocarbonyl (C=S) groups is 1. The lowest BCUT2D eigenvalue weighted by Crippen LogP contribution is -2.47. The molecule has 2 aliphatic rings. The summed E-state index contributed by atoms with van der Waals surface area (Å²) in [6, 6.07) is 10.0. The van der Waals surface area contributed by atoms with Gasteiger partial charge in [0.2, 0.25) is 0 Å². The second kappa shape index (κ2) is 10.3. The summed E-state index contributed by atoms with van der Waals surface area (Å²) in [5.41, 5.74) is 2.44. The van der Waals surface area contributed by atoms with E-state index in [-0.39, 0.29) is 0 Å². The van der Waals surface area contributed by atoms with Crippen molar-refractivity contribution in [1.82, 2.24) is 10.2 Å². The van der Waals surface area contributed by atoms with Crippen molar-refractivity contribution in [2.24, 2.45) is 0 Å². The van der Waals surface area contributed by atoms with Crippen LogP contribution in [0.3, 0.4) is 0 Å². The van der Waals surface area contributed by atoms with Gasteiger partial charge in [-0.25, -0.2) is 0 Å². The fourth-order valence-electron chi connectivity index (χ4n) is 4.73. The maximum absolute atomic E-state index is 5.55. The molecule has 2 fully saturated rings. The number of hydrogen-bond acceptors (Lipinski definition) is 2. The Hall–Kier alpha value is -1.13. The number of nitrogens with zero attached hydrogens (tertiary/aromatic N) is 1. The SMILES string of the molecule is CCc1ccccc1NC(=S)NCCN(C1CCCCC1)C1CCCC1. The van der Waals surface area contributed by atoms with Crippen LogP contribution in [0.15, 0.2) is 24.3 Å². The zero-order valence-corrected chi connectivity index (χ0v) is 17.1. The maximum atomic E-state index is 5.55. The zero-order valence-electron chi connectivity index (χ0n) is 16.3. The number of anilines is 1. The van der Waals surface area contributed by atoms with Gasteiger partial charge in [0.25, 0.3) is 0 Å². The summed E-state index contributed by atoms with van der Waals surface area (Å²) in [6.45, 7) is 4.24. The van der Waals surface area contributed by atoms with Crippen molar-refractivity contribution in [2.45, 2.75) is 83.2 Å². The van der Waals surface area contributed by atoms with Gasteiger partial charge in [-0.15, -0.1) is 0 Å². The van der Waals surface area contributed by atoms with Gasteiger partial charge in [-0.05, 0) is 56.0 Å². The molecule has 26 heavy (non-hydrogen) atoms. The van der Waals surface area contributed by atoms with Crippen LogP contribution >= 0.6 is 12.2 Å². The topological polar surface area (TPSA) is 27.3 Å². The van der Waals surface area contributed by atoms with E-state index in [1.165, 1.54) is 63.4 Å². The quantitative estimate of drug-likeness (QED) is 0.649. The van der Waals surface area contributed by atoms with Crippen molar-refractivity contribution in [3.8, 4) is 0 Å². The van der Waals surface area contributed by atoms with Crippen LogP contribution in [0.2, 0.25) is 0 Å². The van der Waals surface area contributed by atoms with Crippen LogP contribution in [0.4, 0.5) is 5.69 Å². The summed E-state index contributed by atoms with van der Waals surface area (Å²) in [6.07, 6.45) is 13.7. The molecule has 0 unspecified atom stereocenters. The Balaban J connectivity index is 1.49. The predicted molar refractivity (Wildman–Crippen MR) is 116 cm³/mol. The molecule has 2 aliphatic carbocycles. The largest absolute Gasteiger partial charge is 0.361 e. The lowest BCUT2D eigenvalue weighted by molar-refractivity contribution is 0.108. The summed E-state index contributed by atoms with van der Waals surface area (Å²) in [7, 11) is 0. The number of rotatable bonds is 7. The number of aryl methyl sites for hydroxylation is 1. The summed E-state index contributed by atoms with van der Waals surface area (Å²) in [4.78, 5) is 2.82. The van der Waals surface area contributed by atoms with Gasteiger partial charge in [0.15, 0.2) is 5.11 Å². The number of hydrogen-bond donors (Lipinski definition) is 2. The van der Waals surface area contributed by atoms with Gasteiger partial charge in [-0.3, -0.25) is 4.90 Å². The van der Waals surface area contributed by atoms with Crippen LogP contribution in [0.25, 0.3) is 0 Å². The fourth-order valence-corrected chi connectivity index (χ4v) is 4.94. The minimum absolute atomic E-state index is 0.751. The van der Waals surface area contributed by atoms with Crippen molar-refractivity contribution in [2.75, 3.05) is 18.4 Å². The summed E-state index contributed by atoms with van der Waals surface area (Å²) >= 11 is 5.55. The van der Waals surface area contributed by atoms with Crippen molar-refractivity contribution >= 4 is 23.0 Å². The van der Waals surface area contributed by atoms with E-state index < -0.39 is 0 Å². The second-order valence-corrected chi connectivity index (χ2v) is 8.27. The predicted octanol–water partition coefficient (Wildman–Crippen LogP) is 5.11. The van der Waals surface area contributed by atoms with Gasteiger partial charge in [0.05, 0.1) is 0 Å². The first kappa shape index (κ1) is 19.6. The van der Waals surface area contributed by atoms with Crippen LogP contribution in [-0.4, -0.2) is 35.2 Å². The Bertz CT molecular complexity index is 562. The molecule has 0 radical (unpaired) electrons. The molecule has 0 atom stereocenters. The molecule has 0 aromatic heterocycles. The van der Waals surface area contributed by atoms with Gasteiger partial charge >= 0.3 is 0 Å². The van der Waals surface area contributed by atoms with Crippen molar-refractivity contribution in [1.29, 1.82) is 0 Å². The highest BCUT2D eigenvalue weighted by molar-refractivity contribution is 7.80. The third-order valence-corrected chi connectivity index (χ3v) is 6.39. The number of nitrogens with one attached hydrogen (secondary N) is 2. The first-order valence-corrected chi connectivity index (χ1v) is 11.1. The normalized spacial score (nSPS) is 19.0. The molecule has 3 rings (SSSR count). The zero-order chi connectivity index (χ0) is 18.2. The minimum Gasteiger partial charge on any atom is -0.361 e. The highest BCUT2D eigenvalue weighted by Crippen LogP contribution is 2.30. The van der Waals surface area contributed by atoms with E-state index in [1.54, 1.807) is 0 Å². The average molecular weight is 374 g/mol. The third kappa shape index (κ3) is 5.43. The molecule has 0 heterocycles. The summed E-state index contributed by atoms with van der Waals surface area (Å²) < 4.78 is 0. The van der Waals surface area contributed by atoms with Gasteiger partial charge < -0.3 is 10.6 Å². The smallest absolute Gasteiger partial charge is 0.170 e. The molecule has 0 bridgehead atoms. The Labute approximate surface area is 164 Å². The summed E-state index contributed by atoms with van der Waals surface area (Å²) in [5.74, 6) is 0. The molecule has 2 saturated carbocycles. The lowest BCUT2D eigenvalue weighted by atomic mass is 9.93. The second-order valence-electron chi connectivity index (χ2n) is 7.86. The van der Waals surface area contributed by atoms with E-state index in [1.807, 2.05) is 0 Å². The minimum atomic E-state index is 0.751. The van der Waals surface area contributed by atoms with Crippen LogP contribution in [-0.2, 0) is 6.42 Å². The third-order valence-electron chi connectivity index (χ3n) is 6.14. The van der Waals surface area contributed by atoms with Gasteiger partial charge in [-0.2, -0.15) is 0 Å². The molecule has 1 aromatic carbocycles. The van der Waals surface area contributed by atoms with E-state index in [9.17, 15) is 0 Å². The van der Waals surface area contributed by atoms with Gasteiger partial charge in [0, 0.05) is 30.9 Å². The molecular weight excluding hydrogens is 338 g/mol. The molecule has 2 N–H and O–H groups in total. The number of benzene rings is 1. The highest BCUT2D eigenvalue weighted by Gasteiger charge is 2.29. The van der Waals surface area contributed by atoms with Crippen LogP contribution in [0.5, 0.6) is 0 Å². The van der Waals surface area contributed by atoms with Crippen molar-refractivity contribution in [3.63, 3.8) is 0 Å². The standard InChI is InChI=1S/C22H35N3S/c1-2-18-10-6-9-15-21(18)24-22(26)23-16-17-25(20-13-7-8-14-20)19-11-4-3-5-12-19/h6,9-10,15,19-20H,2-5,7-8,11-14,16-17H2,1H3,(H2,23,24,26). The molecule has 0 aliphatic heterocycles. The maximum Gasteiger partial charge on any atom is 0.170 e. The molecule has 0 spiro atoms. The van der Waals surface area contributed by atoms with Gasteiger partial charge in [0.1, 0.15) is 0 Å². The molecule has 0 saturated heterocycles. The molecule has 1 aromatic rings. The van der Waals surface area contributed by atoms with E-state index in [2.05, 4.69) is 46.7 Å². The van der Waals surface area contributed by atoms with E-state index in [0.717, 1.165) is 42.4 Å². The van der Waals surface area contributed by atoms with Crippen LogP contribution in [0.1, 0.15) is 70.3 Å². The van der Waals surface area contributed by atoms with Crippen molar-refractivity contribution in [3.05, 3.63) is 29.8 Å². The molecule has 0 amide bonds. The lowest BCUT2D eigenvalue weighted by Gasteiger charge is -2.38. The first-order valence-electron chi connectivity index (χ1n) is 10.7. The Morgan fingerprint density at radius 1 is 1.00 bits per heavy atom. The van der Waals surface area contributed by atoms with E-state index in [0.29, 0.717) is 0 Å². The Morgan fingerprint density at radius 3 is 2.27 bits per heavy atom. The molecular formula is C22H35N3S. The van der Waals surface area contributed by atoms with Crippen molar-refractivity contribution < 1.29 is 0 Å². The number of para-hydroxylation sites is 1. The summed E-state index contributed by atoms with van der Waals surface area (Å²) in [5, 5.41) is 7.59. The van der Waals surface area contributed by atoms with E-state index >= 15 is 0 Å². The van der Waals surface area contributed by atoms with Crippen LogP contribution < -0.4 is 10.6 Å². The Morgan fingerprint density at radius 2 is 1.62 bits per heavy atom.